The van der Waals surface area contributed by atoms with E-state index in [4.69, 9.17) is 9.47 Å². The molecule has 10 nitrogen and oxygen atoms in total. The van der Waals surface area contributed by atoms with Crippen LogP contribution in [0.2, 0.25) is 0 Å². The minimum Gasteiger partial charge on any atom is -0.455 e. The van der Waals surface area contributed by atoms with Gasteiger partial charge in [-0.1, -0.05) is 0 Å². The lowest BCUT2D eigenvalue weighted by molar-refractivity contribution is -0.156. The second kappa shape index (κ2) is 6.86. The molecule has 0 bridgehead atoms. The molecule has 126 valence electrons. The zero-order valence-corrected chi connectivity index (χ0v) is 12.5. The molecule has 1 aromatic heterocycles. The summed E-state index contributed by atoms with van der Waals surface area (Å²) in [6.07, 6.45) is -3.33. The molecule has 0 spiro atoms. The first-order valence-electron chi connectivity index (χ1n) is 6.82. The highest BCUT2D eigenvalue weighted by Crippen LogP contribution is 2.30. The second-order valence-corrected chi connectivity index (χ2v) is 5.00. The van der Waals surface area contributed by atoms with E-state index in [9.17, 15) is 24.6 Å². The molecule has 0 unspecified atom stereocenters. The van der Waals surface area contributed by atoms with Gasteiger partial charge in [0.2, 0.25) is 5.91 Å². The van der Waals surface area contributed by atoms with E-state index < -0.39 is 42.8 Å². The van der Waals surface area contributed by atoms with E-state index in [0.29, 0.717) is 0 Å². The van der Waals surface area contributed by atoms with Crippen molar-refractivity contribution in [3.63, 3.8) is 0 Å². The zero-order chi connectivity index (χ0) is 17.1. The van der Waals surface area contributed by atoms with Crippen LogP contribution in [0, 0.1) is 0 Å². The Morgan fingerprint density at radius 1 is 1.48 bits per heavy atom. The number of hydrogen-bond donors (Lipinski definition) is 3. The highest BCUT2D eigenvalue weighted by Gasteiger charge is 2.47. The first-order chi connectivity index (χ1) is 10.8. The number of rotatable bonds is 4. The normalized spacial score (nSPS) is 26.8. The molecule has 1 aliphatic rings. The topological polar surface area (TPSA) is 140 Å². The van der Waals surface area contributed by atoms with E-state index in [2.05, 4.69) is 10.3 Å². The van der Waals surface area contributed by atoms with Crippen molar-refractivity contribution in [2.24, 2.45) is 0 Å². The summed E-state index contributed by atoms with van der Waals surface area (Å²) in [6.45, 7) is 1.91. The molecule has 1 fully saturated rings. The van der Waals surface area contributed by atoms with Crippen LogP contribution in [0.25, 0.3) is 0 Å². The Hall–Kier alpha value is -2.30. The number of ether oxygens (including phenoxy) is 2. The fourth-order valence-electron chi connectivity index (χ4n) is 2.27. The predicted molar refractivity (Wildman–Crippen MR) is 75.4 cm³/mol. The molecule has 1 aromatic rings. The number of carbonyl (C=O) groups is 2. The summed E-state index contributed by atoms with van der Waals surface area (Å²) in [7, 11) is 0. The quantitative estimate of drug-likeness (QED) is 0.561. The van der Waals surface area contributed by atoms with Crippen LogP contribution in [0.5, 0.6) is 0 Å². The molecule has 0 radical (unpaired) electrons. The fourth-order valence-corrected chi connectivity index (χ4v) is 2.27. The van der Waals surface area contributed by atoms with Crippen LogP contribution in [0.1, 0.15) is 20.1 Å². The number of nitrogens with zero attached hydrogens (tertiary/aromatic N) is 2. The van der Waals surface area contributed by atoms with Gasteiger partial charge in [-0.2, -0.15) is 4.98 Å². The van der Waals surface area contributed by atoms with Crippen molar-refractivity contribution in [3.05, 3.63) is 22.7 Å². The Balaban J connectivity index is 2.32. The first-order valence-corrected chi connectivity index (χ1v) is 6.82. The van der Waals surface area contributed by atoms with Crippen molar-refractivity contribution in [3.8, 4) is 0 Å². The summed E-state index contributed by atoms with van der Waals surface area (Å²) >= 11 is 0. The van der Waals surface area contributed by atoms with Gasteiger partial charge in [0.1, 0.15) is 18.0 Å². The van der Waals surface area contributed by atoms with Crippen LogP contribution in [-0.4, -0.2) is 56.6 Å². The van der Waals surface area contributed by atoms with E-state index in [-0.39, 0.29) is 11.7 Å². The van der Waals surface area contributed by atoms with Gasteiger partial charge in [0.15, 0.2) is 12.3 Å². The van der Waals surface area contributed by atoms with Gasteiger partial charge in [-0.15, -0.1) is 0 Å². The molecule has 1 aliphatic heterocycles. The lowest BCUT2D eigenvalue weighted by Crippen LogP contribution is -2.39. The Labute approximate surface area is 130 Å². The maximum absolute atomic E-state index is 12.1. The van der Waals surface area contributed by atoms with Crippen LogP contribution < -0.4 is 11.0 Å². The maximum Gasteiger partial charge on any atom is 0.351 e. The van der Waals surface area contributed by atoms with Crippen molar-refractivity contribution in [2.75, 3.05) is 11.9 Å². The first kappa shape index (κ1) is 17.1. The van der Waals surface area contributed by atoms with Crippen molar-refractivity contribution < 1.29 is 29.3 Å². The van der Waals surface area contributed by atoms with E-state index in [0.717, 1.165) is 11.5 Å². The van der Waals surface area contributed by atoms with E-state index in [1.807, 2.05) is 0 Å². The molecular weight excluding hydrogens is 310 g/mol. The molecule has 0 aromatic carbocycles. The minimum atomic E-state index is -1.30. The highest BCUT2D eigenvalue weighted by atomic mass is 16.6. The molecule has 4 atom stereocenters. The van der Waals surface area contributed by atoms with Gasteiger partial charge in [-0.05, 0) is 6.07 Å². The van der Waals surface area contributed by atoms with Gasteiger partial charge >= 0.3 is 11.7 Å². The Morgan fingerprint density at radius 2 is 2.17 bits per heavy atom. The van der Waals surface area contributed by atoms with Gasteiger partial charge < -0.3 is 25.0 Å². The summed E-state index contributed by atoms with van der Waals surface area (Å²) in [5.74, 6) is -1.00. The molecule has 2 heterocycles. The number of hydrogen-bond acceptors (Lipinski definition) is 8. The largest absolute Gasteiger partial charge is 0.455 e. The second-order valence-electron chi connectivity index (χ2n) is 5.00. The van der Waals surface area contributed by atoms with Crippen molar-refractivity contribution >= 4 is 17.7 Å². The smallest absolute Gasteiger partial charge is 0.351 e. The van der Waals surface area contributed by atoms with Gasteiger partial charge in [-0.25, -0.2) is 4.79 Å². The zero-order valence-electron chi connectivity index (χ0n) is 12.5. The Kier molecular flexibility index (Phi) is 5.08. The molecule has 3 N–H and O–H groups in total. The number of nitrogens with one attached hydrogen (secondary N) is 1. The highest BCUT2D eigenvalue weighted by molar-refractivity contribution is 5.87. The monoisotopic (exact) mass is 327 g/mol. The van der Waals surface area contributed by atoms with E-state index in [1.54, 1.807) is 0 Å². The summed E-state index contributed by atoms with van der Waals surface area (Å²) in [6, 6.07) is 1.36. The molecule has 10 heteroatoms. The summed E-state index contributed by atoms with van der Waals surface area (Å²) in [5, 5.41) is 21.6. The molecule has 0 saturated carbocycles. The maximum atomic E-state index is 12.1. The molecule has 1 amide bonds. The molecule has 1 saturated heterocycles. The number of aromatic nitrogens is 2. The third-order valence-corrected chi connectivity index (χ3v) is 3.20. The van der Waals surface area contributed by atoms with Gasteiger partial charge in [-0.3, -0.25) is 14.2 Å². The van der Waals surface area contributed by atoms with Crippen molar-refractivity contribution in [2.45, 2.75) is 38.4 Å². The SMILES string of the molecule is CC(=O)Nc1ccn([C@@H]2O[C@H](CO)[C@@H](O)[C@H]2OC(C)=O)c(=O)n1. The van der Waals surface area contributed by atoms with Crippen LogP contribution >= 0.6 is 0 Å². The molecule has 23 heavy (non-hydrogen) atoms. The average molecular weight is 327 g/mol. The van der Waals surface area contributed by atoms with E-state index >= 15 is 0 Å². The number of aliphatic hydroxyl groups excluding tert-OH is 2. The predicted octanol–water partition coefficient (Wildman–Crippen LogP) is -1.62. The number of esters is 1. The lowest BCUT2D eigenvalue weighted by atomic mass is 10.1. The number of anilines is 1. The van der Waals surface area contributed by atoms with Gasteiger partial charge in [0.25, 0.3) is 0 Å². The summed E-state index contributed by atoms with van der Waals surface area (Å²) in [4.78, 5) is 37.9. The number of amides is 1. The van der Waals surface area contributed by atoms with Crippen LogP contribution in [0.15, 0.2) is 17.1 Å². The number of aliphatic hydroxyl groups is 2. The van der Waals surface area contributed by atoms with Gasteiger partial charge in [0.05, 0.1) is 6.61 Å². The average Bonchev–Trinajstić information content (AvgIpc) is 2.75. The Bertz CT molecular complexity index is 659. The van der Waals surface area contributed by atoms with E-state index in [1.165, 1.54) is 19.2 Å². The molecule has 0 aliphatic carbocycles. The number of carbonyl (C=O) groups excluding carboxylic acids is 2. The van der Waals surface area contributed by atoms with Crippen LogP contribution in [-0.2, 0) is 19.1 Å². The van der Waals surface area contributed by atoms with Crippen LogP contribution in [0.4, 0.5) is 5.82 Å². The summed E-state index contributed by atoms with van der Waals surface area (Å²) < 4.78 is 11.4. The van der Waals surface area contributed by atoms with Gasteiger partial charge in [0, 0.05) is 20.0 Å². The Morgan fingerprint density at radius 3 is 2.70 bits per heavy atom. The molecular formula is C13H17N3O7. The third-order valence-electron chi connectivity index (χ3n) is 3.20. The third kappa shape index (κ3) is 3.73. The molecule has 2 rings (SSSR count). The van der Waals surface area contributed by atoms with Crippen LogP contribution in [0.3, 0.4) is 0 Å². The summed E-state index contributed by atoms with van der Waals surface area (Å²) in [5.41, 5.74) is -0.774. The minimum absolute atomic E-state index is 0.0556. The van der Waals surface area contributed by atoms with Crippen molar-refractivity contribution in [1.82, 2.24) is 9.55 Å². The standard InChI is InChI=1S/C13H17N3O7/c1-6(18)14-9-3-4-16(13(21)15-9)12-11(22-7(2)19)10(20)8(5-17)23-12/h3-4,8,10-12,17,20H,5H2,1-2H3,(H,14,15,18,21)/t8-,10-,11-,12-/m1/s1. The van der Waals surface area contributed by atoms with Crippen molar-refractivity contribution in [1.29, 1.82) is 0 Å². The fraction of sp³-hybridized carbons (Fsp3) is 0.538. The lowest BCUT2D eigenvalue weighted by Gasteiger charge is -2.21.